The minimum Gasteiger partial charge on any atom is -0.443 e. The molecule has 154 valence electrons. The summed E-state index contributed by atoms with van der Waals surface area (Å²) in [6.45, 7) is 8.10. The topological polar surface area (TPSA) is 67.9 Å². The SMILES string of the molecule is Cc1ccc(Cl)cc1C1=NN(C(=O)C(C)(C)C)C(CCCN)(c2ccccc2)O1. The summed E-state index contributed by atoms with van der Waals surface area (Å²) in [7, 11) is 0. The number of amides is 1. The molecule has 1 aliphatic heterocycles. The normalized spacial score (nSPS) is 19.1. The lowest BCUT2D eigenvalue weighted by Gasteiger charge is -2.38. The lowest BCUT2D eigenvalue weighted by Crippen LogP contribution is -2.49. The average Bonchev–Trinajstić information content (AvgIpc) is 3.08. The molecule has 2 aromatic carbocycles. The molecular formula is C23H28ClN3O2. The summed E-state index contributed by atoms with van der Waals surface area (Å²) in [4.78, 5) is 13.4. The van der Waals surface area contributed by atoms with Crippen LogP contribution in [0.5, 0.6) is 0 Å². The molecule has 0 aromatic heterocycles. The van der Waals surface area contributed by atoms with Crippen LogP contribution < -0.4 is 5.73 Å². The van der Waals surface area contributed by atoms with Crippen LogP contribution in [0.4, 0.5) is 0 Å². The van der Waals surface area contributed by atoms with E-state index in [0.717, 1.165) is 16.7 Å². The van der Waals surface area contributed by atoms with Crippen LogP contribution in [0.3, 0.4) is 0 Å². The Morgan fingerprint density at radius 2 is 1.90 bits per heavy atom. The highest BCUT2D eigenvalue weighted by Gasteiger charge is 2.51. The number of halogens is 1. The van der Waals surface area contributed by atoms with Crippen LogP contribution in [0.1, 0.15) is 50.3 Å². The van der Waals surface area contributed by atoms with Gasteiger partial charge in [0, 0.05) is 28.0 Å². The standard InChI is InChI=1S/C23H28ClN3O2/c1-16-11-12-18(24)15-19(16)20-26-27(21(28)22(2,3)4)23(29-20,13-8-14-25)17-9-6-5-7-10-17/h5-7,9-12,15H,8,13-14,25H2,1-4H3. The first-order valence-corrected chi connectivity index (χ1v) is 10.2. The molecular weight excluding hydrogens is 386 g/mol. The lowest BCUT2D eigenvalue weighted by molar-refractivity contribution is -0.161. The number of benzene rings is 2. The molecule has 0 radical (unpaired) electrons. The zero-order valence-corrected chi connectivity index (χ0v) is 18.2. The molecule has 29 heavy (non-hydrogen) atoms. The van der Waals surface area contributed by atoms with Crippen LogP contribution in [0.15, 0.2) is 53.6 Å². The first-order chi connectivity index (χ1) is 13.7. The zero-order valence-electron chi connectivity index (χ0n) is 17.4. The van der Waals surface area contributed by atoms with Crippen molar-refractivity contribution in [3.63, 3.8) is 0 Å². The highest BCUT2D eigenvalue weighted by molar-refractivity contribution is 6.31. The van der Waals surface area contributed by atoms with Crippen molar-refractivity contribution in [1.82, 2.24) is 5.01 Å². The lowest BCUT2D eigenvalue weighted by atomic mass is 9.91. The summed E-state index contributed by atoms with van der Waals surface area (Å²) in [5.41, 5.74) is 6.76. The second-order valence-corrected chi connectivity index (χ2v) is 8.81. The third-order valence-corrected chi connectivity index (χ3v) is 5.24. The van der Waals surface area contributed by atoms with Crippen LogP contribution in [-0.2, 0) is 15.3 Å². The number of carbonyl (C=O) groups is 1. The first kappa shape index (κ1) is 21.3. The average molecular weight is 414 g/mol. The van der Waals surface area contributed by atoms with Crippen molar-refractivity contribution in [2.24, 2.45) is 16.3 Å². The smallest absolute Gasteiger partial charge is 0.251 e. The molecule has 5 nitrogen and oxygen atoms in total. The Balaban J connectivity index is 2.18. The summed E-state index contributed by atoms with van der Waals surface area (Å²) < 4.78 is 6.53. The van der Waals surface area contributed by atoms with E-state index in [-0.39, 0.29) is 5.91 Å². The van der Waals surface area contributed by atoms with E-state index in [0.29, 0.717) is 30.3 Å². The van der Waals surface area contributed by atoms with Crippen molar-refractivity contribution in [3.05, 3.63) is 70.2 Å². The van der Waals surface area contributed by atoms with E-state index in [2.05, 4.69) is 5.10 Å². The van der Waals surface area contributed by atoms with Gasteiger partial charge in [-0.05, 0) is 37.6 Å². The number of nitrogens with zero attached hydrogens (tertiary/aromatic N) is 2. The third kappa shape index (κ3) is 4.16. The van der Waals surface area contributed by atoms with Crippen LogP contribution >= 0.6 is 11.6 Å². The molecule has 0 fully saturated rings. The Hall–Kier alpha value is -2.37. The van der Waals surface area contributed by atoms with Crippen LogP contribution in [-0.4, -0.2) is 23.4 Å². The van der Waals surface area contributed by atoms with Gasteiger partial charge >= 0.3 is 0 Å². The van der Waals surface area contributed by atoms with Gasteiger partial charge in [-0.3, -0.25) is 4.79 Å². The third-order valence-electron chi connectivity index (χ3n) is 5.01. The summed E-state index contributed by atoms with van der Waals surface area (Å²) in [5.74, 6) is 0.275. The maximum atomic E-state index is 13.4. The molecule has 0 bridgehead atoms. The highest BCUT2D eigenvalue weighted by atomic mass is 35.5. The summed E-state index contributed by atoms with van der Waals surface area (Å²) in [6, 6.07) is 15.3. The first-order valence-electron chi connectivity index (χ1n) is 9.83. The number of hydrogen-bond acceptors (Lipinski definition) is 4. The van der Waals surface area contributed by atoms with Gasteiger partial charge < -0.3 is 10.5 Å². The van der Waals surface area contributed by atoms with Crippen molar-refractivity contribution in [2.45, 2.75) is 46.3 Å². The minimum absolute atomic E-state index is 0.118. The van der Waals surface area contributed by atoms with Crippen molar-refractivity contribution in [1.29, 1.82) is 0 Å². The van der Waals surface area contributed by atoms with E-state index >= 15 is 0 Å². The molecule has 1 amide bonds. The van der Waals surface area contributed by atoms with Crippen molar-refractivity contribution < 1.29 is 9.53 Å². The van der Waals surface area contributed by atoms with Crippen molar-refractivity contribution >= 4 is 23.4 Å². The molecule has 0 aliphatic carbocycles. The fourth-order valence-corrected chi connectivity index (χ4v) is 3.55. The quantitative estimate of drug-likeness (QED) is 0.764. The molecule has 1 heterocycles. The van der Waals surface area contributed by atoms with Crippen LogP contribution in [0, 0.1) is 12.3 Å². The van der Waals surface area contributed by atoms with Gasteiger partial charge in [-0.1, -0.05) is 68.8 Å². The van der Waals surface area contributed by atoms with Gasteiger partial charge in [-0.2, -0.15) is 5.01 Å². The van der Waals surface area contributed by atoms with Crippen LogP contribution in [0.25, 0.3) is 0 Å². The van der Waals surface area contributed by atoms with E-state index in [1.165, 1.54) is 5.01 Å². The van der Waals surface area contributed by atoms with E-state index < -0.39 is 11.1 Å². The number of nitrogens with two attached hydrogens (primary N) is 1. The minimum atomic E-state index is -1.05. The van der Waals surface area contributed by atoms with Gasteiger partial charge in [-0.15, -0.1) is 5.10 Å². The second kappa shape index (κ2) is 8.17. The molecule has 2 N–H and O–H groups in total. The van der Waals surface area contributed by atoms with Crippen LogP contribution in [0.2, 0.25) is 5.02 Å². The van der Waals surface area contributed by atoms with Gasteiger partial charge in [0.15, 0.2) is 0 Å². The fraction of sp³-hybridized carbons (Fsp3) is 0.391. The molecule has 1 aliphatic rings. The molecule has 0 saturated heterocycles. The predicted octanol–water partition coefficient (Wildman–Crippen LogP) is 4.81. The number of hydrogen-bond donors (Lipinski definition) is 1. The van der Waals surface area contributed by atoms with Gasteiger partial charge in [-0.25, -0.2) is 0 Å². The Morgan fingerprint density at radius 3 is 2.52 bits per heavy atom. The Labute approximate surface area is 177 Å². The Morgan fingerprint density at radius 1 is 1.21 bits per heavy atom. The molecule has 1 atom stereocenters. The Bertz CT molecular complexity index is 921. The molecule has 0 spiro atoms. The number of rotatable bonds is 5. The fourth-order valence-electron chi connectivity index (χ4n) is 3.38. The van der Waals surface area contributed by atoms with Crippen molar-refractivity contribution in [3.8, 4) is 0 Å². The molecule has 1 unspecified atom stereocenters. The second-order valence-electron chi connectivity index (χ2n) is 8.38. The monoisotopic (exact) mass is 413 g/mol. The molecule has 3 rings (SSSR count). The molecule has 6 heteroatoms. The van der Waals surface area contributed by atoms with Gasteiger partial charge in [0.25, 0.3) is 5.91 Å². The summed E-state index contributed by atoms with van der Waals surface area (Å²) >= 11 is 6.23. The van der Waals surface area contributed by atoms with Gasteiger partial charge in [0.1, 0.15) is 0 Å². The maximum Gasteiger partial charge on any atom is 0.251 e. The van der Waals surface area contributed by atoms with E-state index in [1.54, 1.807) is 0 Å². The molecule has 0 saturated carbocycles. The van der Waals surface area contributed by atoms with E-state index in [1.807, 2.05) is 76.2 Å². The Kier molecular flexibility index (Phi) is 6.01. The summed E-state index contributed by atoms with van der Waals surface area (Å²) in [6.07, 6.45) is 1.21. The van der Waals surface area contributed by atoms with Gasteiger partial charge in [0.2, 0.25) is 11.6 Å². The largest absolute Gasteiger partial charge is 0.443 e. The molecule has 2 aromatic rings. The predicted molar refractivity (Wildman–Crippen MR) is 117 cm³/mol. The van der Waals surface area contributed by atoms with E-state index in [9.17, 15) is 4.79 Å². The highest BCUT2D eigenvalue weighted by Crippen LogP contribution is 2.43. The van der Waals surface area contributed by atoms with Crippen molar-refractivity contribution in [2.75, 3.05) is 6.54 Å². The number of carbonyl (C=O) groups excluding carboxylic acids is 1. The maximum absolute atomic E-state index is 13.4. The number of hydrazone groups is 1. The number of ether oxygens (including phenoxy) is 1. The number of aryl methyl sites for hydroxylation is 1. The summed E-state index contributed by atoms with van der Waals surface area (Å²) in [5, 5.41) is 6.78. The zero-order chi connectivity index (χ0) is 21.2. The van der Waals surface area contributed by atoms with Gasteiger partial charge in [0.05, 0.1) is 0 Å². The van der Waals surface area contributed by atoms with E-state index in [4.69, 9.17) is 22.1 Å².